The van der Waals surface area contributed by atoms with Gasteiger partial charge in [-0.3, -0.25) is 9.59 Å². The van der Waals surface area contributed by atoms with Crippen molar-refractivity contribution in [2.75, 3.05) is 45.8 Å². The zero-order chi connectivity index (χ0) is 14.6. The van der Waals surface area contributed by atoms with Crippen molar-refractivity contribution in [3.63, 3.8) is 0 Å². The number of rotatable bonds is 4. The Bertz CT molecular complexity index is 484. The molecule has 0 saturated heterocycles. The number of nitrogen functional groups attached to an aromatic ring is 1. The molecule has 1 aromatic carbocycles. The van der Waals surface area contributed by atoms with Gasteiger partial charge in [0.2, 0.25) is 5.91 Å². The second-order valence-electron chi connectivity index (χ2n) is 4.64. The molecular formula is C13H20N4O2. The first-order chi connectivity index (χ1) is 8.82. The average molecular weight is 264 g/mol. The maximum absolute atomic E-state index is 11.8. The quantitative estimate of drug-likeness (QED) is 0.775. The van der Waals surface area contributed by atoms with Gasteiger partial charge in [-0.25, -0.2) is 0 Å². The van der Waals surface area contributed by atoms with E-state index < -0.39 is 0 Å². The number of carbonyl (C=O) groups is 2. The summed E-state index contributed by atoms with van der Waals surface area (Å²) in [5, 5.41) is 2.94. The molecule has 0 aliphatic carbocycles. The Balaban J connectivity index is 2.86. The van der Waals surface area contributed by atoms with Gasteiger partial charge in [-0.15, -0.1) is 0 Å². The van der Waals surface area contributed by atoms with Crippen LogP contribution in [0.2, 0.25) is 0 Å². The van der Waals surface area contributed by atoms with Crippen LogP contribution in [0.5, 0.6) is 0 Å². The van der Waals surface area contributed by atoms with E-state index in [1.807, 2.05) is 0 Å². The average Bonchev–Trinajstić information content (AvgIpc) is 2.36. The van der Waals surface area contributed by atoms with E-state index in [2.05, 4.69) is 5.32 Å². The predicted octanol–water partition coefficient (Wildman–Crippen LogP) is 0.471. The van der Waals surface area contributed by atoms with Crippen LogP contribution in [0.3, 0.4) is 0 Å². The molecule has 0 fully saturated rings. The molecular weight excluding hydrogens is 244 g/mol. The van der Waals surface area contributed by atoms with E-state index >= 15 is 0 Å². The summed E-state index contributed by atoms with van der Waals surface area (Å²) in [7, 11) is 6.72. The summed E-state index contributed by atoms with van der Waals surface area (Å²) >= 11 is 0. The lowest BCUT2D eigenvalue weighted by atomic mass is 10.1. The van der Waals surface area contributed by atoms with E-state index in [1.165, 1.54) is 9.80 Å². The Morgan fingerprint density at radius 1 is 1.16 bits per heavy atom. The summed E-state index contributed by atoms with van der Waals surface area (Å²) in [5.74, 6) is -0.175. The largest absolute Gasteiger partial charge is 0.397 e. The van der Waals surface area contributed by atoms with E-state index in [0.717, 1.165) is 0 Å². The molecule has 0 aliphatic rings. The summed E-state index contributed by atoms with van der Waals surface area (Å²) in [6.07, 6.45) is 0. The van der Waals surface area contributed by atoms with E-state index in [0.29, 0.717) is 16.9 Å². The lowest BCUT2D eigenvalue weighted by molar-refractivity contribution is -0.126. The minimum absolute atomic E-state index is 0.0660. The minimum atomic E-state index is -0.109. The topological polar surface area (TPSA) is 78.7 Å². The van der Waals surface area contributed by atoms with Gasteiger partial charge in [-0.1, -0.05) is 0 Å². The monoisotopic (exact) mass is 264 g/mol. The van der Waals surface area contributed by atoms with E-state index in [1.54, 1.807) is 46.4 Å². The summed E-state index contributed by atoms with van der Waals surface area (Å²) < 4.78 is 0. The van der Waals surface area contributed by atoms with Gasteiger partial charge in [-0.05, 0) is 18.2 Å². The number of nitrogens with two attached hydrogens (primary N) is 1. The van der Waals surface area contributed by atoms with E-state index in [4.69, 9.17) is 5.73 Å². The van der Waals surface area contributed by atoms with Crippen LogP contribution in [0.1, 0.15) is 10.4 Å². The maximum Gasteiger partial charge on any atom is 0.253 e. The van der Waals surface area contributed by atoms with Gasteiger partial charge in [0, 0.05) is 33.8 Å². The van der Waals surface area contributed by atoms with Crippen LogP contribution in [0, 0.1) is 0 Å². The highest BCUT2D eigenvalue weighted by Gasteiger charge is 2.11. The summed E-state index contributed by atoms with van der Waals surface area (Å²) in [6.45, 7) is 0.136. The highest BCUT2D eigenvalue weighted by atomic mass is 16.2. The lowest BCUT2D eigenvalue weighted by Crippen LogP contribution is -2.29. The Labute approximate surface area is 113 Å². The van der Waals surface area contributed by atoms with Crippen molar-refractivity contribution in [3.05, 3.63) is 23.8 Å². The van der Waals surface area contributed by atoms with Crippen LogP contribution in [0.25, 0.3) is 0 Å². The summed E-state index contributed by atoms with van der Waals surface area (Å²) in [5.41, 5.74) is 7.43. The molecule has 0 spiro atoms. The third-order valence-electron chi connectivity index (χ3n) is 2.64. The molecule has 0 aromatic heterocycles. The van der Waals surface area contributed by atoms with Crippen molar-refractivity contribution < 1.29 is 9.59 Å². The first-order valence-electron chi connectivity index (χ1n) is 5.88. The van der Waals surface area contributed by atoms with Crippen LogP contribution in [-0.4, -0.2) is 56.3 Å². The van der Waals surface area contributed by atoms with Crippen molar-refractivity contribution in [1.29, 1.82) is 0 Å². The van der Waals surface area contributed by atoms with Gasteiger partial charge in [0.1, 0.15) is 0 Å². The molecule has 1 rings (SSSR count). The van der Waals surface area contributed by atoms with Gasteiger partial charge in [-0.2, -0.15) is 0 Å². The van der Waals surface area contributed by atoms with Gasteiger partial charge < -0.3 is 20.9 Å². The van der Waals surface area contributed by atoms with E-state index in [-0.39, 0.29) is 18.4 Å². The molecule has 0 saturated carbocycles. The molecule has 0 unspecified atom stereocenters. The minimum Gasteiger partial charge on any atom is -0.397 e. The van der Waals surface area contributed by atoms with Crippen molar-refractivity contribution in [2.45, 2.75) is 0 Å². The summed E-state index contributed by atoms with van der Waals surface area (Å²) in [4.78, 5) is 26.3. The third kappa shape index (κ3) is 3.87. The first-order valence-corrected chi connectivity index (χ1v) is 5.88. The maximum atomic E-state index is 11.8. The fourth-order valence-electron chi connectivity index (χ4n) is 1.43. The molecule has 3 N–H and O–H groups in total. The molecule has 0 heterocycles. The lowest BCUT2D eigenvalue weighted by Gasteiger charge is -2.15. The number of nitrogens with one attached hydrogen (secondary N) is 1. The number of likely N-dealkylation sites (N-methyl/N-ethyl adjacent to an activating group) is 1. The molecule has 6 nitrogen and oxygen atoms in total. The molecule has 0 bridgehead atoms. The normalized spacial score (nSPS) is 9.89. The van der Waals surface area contributed by atoms with Crippen molar-refractivity contribution in [3.8, 4) is 0 Å². The van der Waals surface area contributed by atoms with Crippen LogP contribution in [0.15, 0.2) is 18.2 Å². The Morgan fingerprint density at radius 3 is 2.32 bits per heavy atom. The zero-order valence-electron chi connectivity index (χ0n) is 11.7. The Kier molecular flexibility index (Phi) is 4.74. The molecule has 0 atom stereocenters. The van der Waals surface area contributed by atoms with Crippen molar-refractivity contribution in [1.82, 2.24) is 9.80 Å². The highest BCUT2D eigenvalue weighted by molar-refractivity contribution is 5.96. The second-order valence-corrected chi connectivity index (χ2v) is 4.64. The molecule has 19 heavy (non-hydrogen) atoms. The number of hydrogen-bond acceptors (Lipinski definition) is 4. The van der Waals surface area contributed by atoms with Crippen LogP contribution in [0.4, 0.5) is 11.4 Å². The molecule has 0 aliphatic heterocycles. The van der Waals surface area contributed by atoms with Crippen LogP contribution in [-0.2, 0) is 4.79 Å². The molecule has 6 heteroatoms. The predicted molar refractivity (Wildman–Crippen MR) is 76.1 cm³/mol. The van der Waals surface area contributed by atoms with Crippen molar-refractivity contribution in [2.24, 2.45) is 0 Å². The fraction of sp³-hybridized carbons (Fsp3) is 0.385. The van der Waals surface area contributed by atoms with Crippen LogP contribution >= 0.6 is 0 Å². The van der Waals surface area contributed by atoms with Crippen LogP contribution < -0.4 is 11.1 Å². The number of carbonyl (C=O) groups excluding carboxylic acids is 2. The second kappa shape index (κ2) is 6.08. The SMILES string of the molecule is CN(C)C(=O)CNc1cc(C(=O)N(C)C)ccc1N. The number of nitrogens with zero attached hydrogens (tertiary/aromatic N) is 2. The van der Waals surface area contributed by atoms with Gasteiger partial charge in [0.25, 0.3) is 5.91 Å². The smallest absolute Gasteiger partial charge is 0.253 e. The number of hydrogen-bond donors (Lipinski definition) is 2. The number of benzene rings is 1. The van der Waals surface area contributed by atoms with Gasteiger partial charge in [0.15, 0.2) is 0 Å². The molecule has 104 valence electrons. The van der Waals surface area contributed by atoms with Gasteiger partial charge in [0.05, 0.1) is 17.9 Å². The Morgan fingerprint density at radius 2 is 1.79 bits per heavy atom. The number of amides is 2. The molecule has 2 amide bonds. The first kappa shape index (κ1) is 14.8. The number of anilines is 2. The van der Waals surface area contributed by atoms with E-state index in [9.17, 15) is 9.59 Å². The fourth-order valence-corrected chi connectivity index (χ4v) is 1.43. The third-order valence-corrected chi connectivity index (χ3v) is 2.64. The van der Waals surface area contributed by atoms with Gasteiger partial charge >= 0.3 is 0 Å². The van der Waals surface area contributed by atoms with Crippen molar-refractivity contribution >= 4 is 23.2 Å². The molecule has 0 radical (unpaired) electrons. The standard InChI is InChI=1S/C13H20N4O2/c1-16(2)12(18)8-15-11-7-9(5-6-10(11)14)13(19)17(3)4/h5-7,15H,8,14H2,1-4H3. The summed E-state index contributed by atoms with van der Waals surface area (Å²) in [6, 6.07) is 4.97. The zero-order valence-corrected chi connectivity index (χ0v) is 11.7. The Hall–Kier alpha value is -2.24. The highest BCUT2D eigenvalue weighted by Crippen LogP contribution is 2.20. The molecule has 1 aromatic rings.